The molecule has 0 unspecified atom stereocenters. The number of nitrogens with zero attached hydrogens (tertiary/aromatic N) is 3. The zero-order chi connectivity index (χ0) is 19.4. The lowest BCUT2D eigenvalue weighted by atomic mass is 10.2. The summed E-state index contributed by atoms with van der Waals surface area (Å²) in [4.78, 5) is 28.2. The molecule has 1 fully saturated rings. The number of nitro groups is 1. The van der Waals surface area contributed by atoms with E-state index >= 15 is 0 Å². The number of aryl methyl sites for hydroxylation is 1. The number of thioether (sulfide) groups is 1. The molecule has 1 heterocycles. The van der Waals surface area contributed by atoms with Crippen LogP contribution < -0.4 is 4.90 Å². The number of piperazine rings is 1. The summed E-state index contributed by atoms with van der Waals surface area (Å²) in [7, 11) is 0. The van der Waals surface area contributed by atoms with Crippen LogP contribution in [-0.2, 0) is 4.79 Å². The number of halogens is 1. The molecule has 27 heavy (non-hydrogen) atoms. The van der Waals surface area contributed by atoms with Crippen LogP contribution in [0.25, 0.3) is 0 Å². The van der Waals surface area contributed by atoms with Crippen LogP contribution in [0.5, 0.6) is 0 Å². The molecular formula is C19H20ClN3O3S. The SMILES string of the molecule is Cc1ccccc1SCC(=O)N1CCN(c2ccc(Cl)cc2[N+](=O)[O-])CC1. The summed E-state index contributed by atoms with van der Waals surface area (Å²) in [5.41, 5.74) is 1.71. The van der Waals surface area contributed by atoms with Gasteiger partial charge in [-0.25, -0.2) is 0 Å². The molecule has 0 spiro atoms. The third-order valence-electron chi connectivity index (χ3n) is 4.55. The summed E-state index contributed by atoms with van der Waals surface area (Å²) in [6.07, 6.45) is 0. The molecule has 0 saturated carbocycles. The van der Waals surface area contributed by atoms with Gasteiger partial charge in [0.15, 0.2) is 0 Å². The molecule has 1 aliphatic rings. The highest BCUT2D eigenvalue weighted by Crippen LogP contribution is 2.31. The standard InChI is InChI=1S/C19H20ClN3O3S/c1-14-4-2-3-5-18(14)27-13-19(24)22-10-8-21(9-11-22)16-7-6-15(20)12-17(16)23(25)26/h2-7,12H,8-11,13H2,1H3. The van der Waals surface area contributed by atoms with Crippen LogP contribution in [-0.4, -0.2) is 47.7 Å². The Hall–Kier alpha value is -2.25. The monoisotopic (exact) mass is 405 g/mol. The van der Waals surface area contributed by atoms with E-state index in [1.165, 1.54) is 6.07 Å². The molecule has 3 rings (SSSR count). The molecule has 0 radical (unpaired) electrons. The lowest BCUT2D eigenvalue weighted by Gasteiger charge is -2.35. The first-order valence-corrected chi connectivity index (χ1v) is 9.97. The van der Waals surface area contributed by atoms with Gasteiger partial charge in [0.05, 0.1) is 10.7 Å². The van der Waals surface area contributed by atoms with Crippen molar-refractivity contribution in [2.75, 3.05) is 36.8 Å². The molecule has 0 bridgehead atoms. The second kappa shape index (κ2) is 8.63. The predicted molar refractivity (Wildman–Crippen MR) is 109 cm³/mol. The smallest absolute Gasteiger partial charge is 0.294 e. The van der Waals surface area contributed by atoms with Crippen LogP contribution in [0.15, 0.2) is 47.4 Å². The number of carbonyl (C=O) groups is 1. The second-order valence-electron chi connectivity index (χ2n) is 6.31. The minimum absolute atomic E-state index is 0.00242. The maximum atomic E-state index is 12.5. The molecule has 1 saturated heterocycles. The van der Waals surface area contributed by atoms with Gasteiger partial charge in [0, 0.05) is 42.2 Å². The van der Waals surface area contributed by atoms with Crippen LogP contribution in [0.2, 0.25) is 5.02 Å². The van der Waals surface area contributed by atoms with Gasteiger partial charge in [-0.3, -0.25) is 14.9 Å². The molecule has 0 aliphatic carbocycles. The summed E-state index contributed by atoms with van der Waals surface area (Å²) in [5, 5.41) is 11.6. The Morgan fingerprint density at radius 1 is 1.19 bits per heavy atom. The average molecular weight is 406 g/mol. The molecule has 6 nitrogen and oxygen atoms in total. The number of nitro benzene ring substituents is 1. The normalized spacial score (nSPS) is 14.3. The van der Waals surface area contributed by atoms with Gasteiger partial charge in [0.2, 0.25) is 5.91 Å². The summed E-state index contributed by atoms with van der Waals surface area (Å²) in [5.74, 6) is 0.486. The van der Waals surface area contributed by atoms with Crippen molar-refractivity contribution in [3.05, 3.63) is 63.2 Å². The Kier molecular flexibility index (Phi) is 6.23. The number of amides is 1. The molecule has 0 atom stereocenters. The van der Waals surface area contributed by atoms with Crippen molar-refractivity contribution >= 4 is 40.6 Å². The zero-order valence-corrected chi connectivity index (χ0v) is 16.5. The van der Waals surface area contributed by atoms with E-state index in [-0.39, 0.29) is 11.6 Å². The first kappa shape index (κ1) is 19.5. The Bertz CT molecular complexity index is 854. The van der Waals surface area contributed by atoms with E-state index in [0.29, 0.717) is 42.6 Å². The van der Waals surface area contributed by atoms with Gasteiger partial charge in [-0.15, -0.1) is 11.8 Å². The minimum Gasteiger partial charge on any atom is -0.362 e. The first-order chi connectivity index (χ1) is 13.0. The maximum absolute atomic E-state index is 12.5. The zero-order valence-electron chi connectivity index (χ0n) is 14.9. The molecule has 0 N–H and O–H groups in total. The molecule has 1 amide bonds. The highest BCUT2D eigenvalue weighted by molar-refractivity contribution is 8.00. The molecular weight excluding hydrogens is 386 g/mol. The van der Waals surface area contributed by atoms with E-state index in [1.807, 2.05) is 41.0 Å². The van der Waals surface area contributed by atoms with Crippen molar-refractivity contribution in [1.29, 1.82) is 0 Å². The topological polar surface area (TPSA) is 66.7 Å². The van der Waals surface area contributed by atoms with Gasteiger partial charge in [-0.1, -0.05) is 29.8 Å². The van der Waals surface area contributed by atoms with Gasteiger partial charge < -0.3 is 9.80 Å². The van der Waals surface area contributed by atoms with Crippen LogP contribution in [0.3, 0.4) is 0 Å². The van der Waals surface area contributed by atoms with E-state index < -0.39 is 4.92 Å². The third kappa shape index (κ3) is 4.73. The predicted octanol–water partition coefficient (Wildman–Crippen LogP) is 4.00. The largest absolute Gasteiger partial charge is 0.362 e. The lowest BCUT2D eigenvalue weighted by Crippen LogP contribution is -2.49. The number of anilines is 1. The molecule has 8 heteroatoms. The molecule has 2 aromatic rings. The van der Waals surface area contributed by atoms with Crippen molar-refractivity contribution in [2.45, 2.75) is 11.8 Å². The highest BCUT2D eigenvalue weighted by atomic mass is 35.5. The van der Waals surface area contributed by atoms with E-state index in [2.05, 4.69) is 0 Å². The second-order valence-corrected chi connectivity index (χ2v) is 7.77. The Morgan fingerprint density at radius 2 is 1.89 bits per heavy atom. The van der Waals surface area contributed by atoms with Gasteiger partial charge in [-0.05, 0) is 30.7 Å². The van der Waals surface area contributed by atoms with Crippen molar-refractivity contribution < 1.29 is 9.72 Å². The fraction of sp³-hybridized carbons (Fsp3) is 0.316. The number of carbonyl (C=O) groups excluding carboxylic acids is 1. The fourth-order valence-electron chi connectivity index (χ4n) is 3.06. The summed E-state index contributed by atoms with van der Waals surface area (Å²) >= 11 is 7.43. The first-order valence-electron chi connectivity index (χ1n) is 8.61. The minimum atomic E-state index is -0.419. The number of hydrogen-bond donors (Lipinski definition) is 0. The average Bonchev–Trinajstić information content (AvgIpc) is 2.67. The van der Waals surface area contributed by atoms with Crippen LogP contribution in [0.1, 0.15) is 5.56 Å². The van der Waals surface area contributed by atoms with E-state index in [1.54, 1.807) is 23.9 Å². The number of hydrogen-bond acceptors (Lipinski definition) is 5. The molecule has 0 aromatic heterocycles. The third-order valence-corrected chi connectivity index (χ3v) is 5.95. The number of rotatable bonds is 5. The highest BCUT2D eigenvalue weighted by Gasteiger charge is 2.26. The van der Waals surface area contributed by atoms with Crippen molar-refractivity contribution in [2.24, 2.45) is 0 Å². The van der Waals surface area contributed by atoms with E-state index in [0.717, 1.165) is 10.5 Å². The summed E-state index contributed by atoms with van der Waals surface area (Å²) in [6.45, 7) is 4.25. The summed E-state index contributed by atoms with van der Waals surface area (Å²) < 4.78 is 0. The van der Waals surface area contributed by atoms with Crippen molar-refractivity contribution in [3.63, 3.8) is 0 Å². The molecule has 2 aromatic carbocycles. The maximum Gasteiger partial charge on any atom is 0.294 e. The van der Waals surface area contributed by atoms with Gasteiger partial charge in [-0.2, -0.15) is 0 Å². The van der Waals surface area contributed by atoms with Gasteiger partial charge >= 0.3 is 0 Å². The molecule has 1 aliphatic heterocycles. The van der Waals surface area contributed by atoms with Crippen LogP contribution >= 0.6 is 23.4 Å². The Labute approximate surface area is 167 Å². The molecule has 142 valence electrons. The lowest BCUT2D eigenvalue weighted by molar-refractivity contribution is -0.384. The van der Waals surface area contributed by atoms with E-state index in [4.69, 9.17) is 11.6 Å². The van der Waals surface area contributed by atoms with Crippen molar-refractivity contribution in [1.82, 2.24) is 4.90 Å². The van der Waals surface area contributed by atoms with E-state index in [9.17, 15) is 14.9 Å². The Morgan fingerprint density at radius 3 is 2.56 bits per heavy atom. The van der Waals surface area contributed by atoms with Gasteiger partial charge in [0.25, 0.3) is 5.69 Å². The quantitative estimate of drug-likeness (QED) is 0.427. The number of benzene rings is 2. The van der Waals surface area contributed by atoms with Crippen LogP contribution in [0, 0.1) is 17.0 Å². The fourth-order valence-corrected chi connectivity index (χ4v) is 4.15. The summed E-state index contributed by atoms with van der Waals surface area (Å²) in [6, 6.07) is 12.7. The van der Waals surface area contributed by atoms with Crippen molar-refractivity contribution in [3.8, 4) is 0 Å². The van der Waals surface area contributed by atoms with Gasteiger partial charge in [0.1, 0.15) is 5.69 Å². The Balaban J connectivity index is 1.58. The van der Waals surface area contributed by atoms with Crippen LogP contribution in [0.4, 0.5) is 11.4 Å².